The van der Waals surface area contributed by atoms with Gasteiger partial charge in [0.15, 0.2) is 0 Å². The summed E-state index contributed by atoms with van der Waals surface area (Å²) in [6, 6.07) is 23.3. The van der Waals surface area contributed by atoms with E-state index >= 15 is 0 Å². The molecule has 0 heterocycles. The van der Waals surface area contributed by atoms with Gasteiger partial charge in [-0.3, -0.25) is 9.52 Å². The third-order valence-corrected chi connectivity index (χ3v) is 6.25. The van der Waals surface area contributed by atoms with Crippen molar-refractivity contribution in [2.45, 2.75) is 37.6 Å². The number of rotatable bonds is 8. The second-order valence-electron chi connectivity index (χ2n) is 7.35. The number of sulfonamides is 1. The molecule has 0 radical (unpaired) electrons. The third-order valence-electron chi connectivity index (χ3n) is 4.87. The molecule has 1 atom stereocenters. The lowest BCUT2D eigenvalue weighted by atomic mass is 10.1. The average Bonchev–Trinajstić information content (AvgIpc) is 2.75. The van der Waals surface area contributed by atoms with Crippen molar-refractivity contribution in [3.63, 3.8) is 0 Å². The lowest BCUT2D eigenvalue weighted by Crippen LogP contribution is -2.33. The van der Waals surface area contributed by atoms with Crippen LogP contribution in [0.25, 0.3) is 0 Å². The van der Waals surface area contributed by atoms with E-state index in [1.54, 1.807) is 43.3 Å². The Morgan fingerprint density at radius 3 is 2.20 bits per heavy atom. The normalized spacial score (nSPS) is 12.2. The first-order chi connectivity index (χ1) is 14.3. The number of amides is 1. The maximum absolute atomic E-state index is 12.6. The molecule has 0 aliphatic carbocycles. The fraction of sp³-hybridized carbons (Fsp3) is 0.208. The summed E-state index contributed by atoms with van der Waals surface area (Å²) in [5.41, 5.74) is 2.87. The van der Waals surface area contributed by atoms with Crippen molar-refractivity contribution < 1.29 is 13.2 Å². The van der Waals surface area contributed by atoms with Gasteiger partial charge in [0, 0.05) is 11.6 Å². The molecule has 3 aromatic carbocycles. The average molecular weight is 423 g/mol. The van der Waals surface area contributed by atoms with E-state index in [2.05, 4.69) is 22.2 Å². The van der Waals surface area contributed by atoms with Crippen molar-refractivity contribution in [3.05, 3.63) is 95.6 Å². The van der Waals surface area contributed by atoms with Crippen LogP contribution in [-0.2, 0) is 16.4 Å². The van der Waals surface area contributed by atoms with Crippen LogP contribution in [0.1, 0.15) is 34.8 Å². The number of carbonyl (C=O) groups excluding carboxylic acids is 1. The molecule has 6 heteroatoms. The first-order valence-electron chi connectivity index (χ1n) is 9.88. The molecular weight excluding hydrogens is 396 g/mol. The summed E-state index contributed by atoms with van der Waals surface area (Å²) < 4.78 is 27.6. The number of carbonyl (C=O) groups is 1. The summed E-state index contributed by atoms with van der Waals surface area (Å²) in [7, 11) is -3.67. The van der Waals surface area contributed by atoms with Crippen LogP contribution < -0.4 is 10.0 Å². The largest absolute Gasteiger partial charge is 0.350 e. The molecule has 0 unspecified atom stereocenters. The van der Waals surface area contributed by atoms with Gasteiger partial charge in [0.2, 0.25) is 0 Å². The van der Waals surface area contributed by atoms with Crippen LogP contribution in [0.2, 0.25) is 0 Å². The molecule has 156 valence electrons. The third kappa shape index (κ3) is 5.70. The maximum Gasteiger partial charge on any atom is 0.261 e. The fourth-order valence-corrected chi connectivity index (χ4v) is 4.28. The molecule has 0 spiro atoms. The van der Waals surface area contributed by atoms with Crippen LogP contribution in [-0.4, -0.2) is 20.4 Å². The van der Waals surface area contributed by atoms with Gasteiger partial charge >= 0.3 is 0 Å². The lowest BCUT2D eigenvalue weighted by molar-refractivity contribution is 0.0938. The molecule has 3 aromatic rings. The second-order valence-corrected chi connectivity index (χ2v) is 9.03. The van der Waals surface area contributed by atoms with E-state index in [0.717, 1.165) is 12.8 Å². The van der Waals surface area contributed by atoms with Gasteiger partial charge in [0.1, 0.15) is 0 Å². The quantitative estimate of drug-likeness (QED) is 0.559. The monoisotopic (exact) mass is 422 g/mol. The minimum atomic E-state index is -3.67. The van der Waals surface area contributed by atoms with Gasteiger partial charge in [-0.2, -0.15) is 0 Å². The topological polar surface area (TPSA) is 75.3 Å². The fourth-order valence-electron chi connectivity index (χ4n) is 3.13. The van der Waals surface area contributed by atoms with Crippen LogP contribution in [0.4, 0.5) is 5.69 Å². The van der Waals surface area contributed by atoms with Crippen LogP contribution in [0.3, 0.4) is 0 Å². The molecule has 0 saturated carbocycles. The number of aryl methyl sites for hydroxylation is 2. The molecule has 3 rings (SSSR count). The SMILES string of the molecule is Cc1cc(C(=O)N[C@H](C)CCc2ccccc2)ccc1NS(=O)(=O)c1ccccc1. The highest BCUT2D eigenvalue weighted by Gasteiger charge is 2.16. The number of nitrogens with one attached hydrogen (secondary N) is 2. The summed E-state index contributed by atoms with van der Waals surface area (Å²) in [6.07, 6.45) is 1.73. The smallest absolute Gasteiger partial charge is 0.261 e. The van der Waals surface area contributed by atoms with Crippen molar-refractivity contribution in [3.8, 4) is 0 Å². The van der Waals surface area contributed by atoms with E-state index in [1.807, 2.05) is 25.1 Å². The molecule has 30 heavy (non-hydrogen) atoms. The van der Waals surface area contributed by atoms with Crippen LogP contribution in [0.15, 0.2) is 83.8 Å². The molecule has 0 aromatic heterocycles. The minimum absolute atomic E-state index is 0.0225. The van der Waals surface area contributed by atoms with Gasteiger partial charge in [-0.1, -0.05) is 48.5 Å². The first kappa shape index (κ1) is 21.6. The number of hydrogen-bond acceptors (Lipinski definition) is 3. The lowest BCUT2D eigenvalue weighted by Gasteiger charge is -2.15. The predicted molar refractivity (Wildman–Crippen MR) is 120 cm³/mol. The van der Waals surface area contributed by atoms with E-state index in [9.17, 15) is 13.2 Å². The van der Waals surface area contributed by atoms with Crippen LogP contribution in [0, 0.1) is 6.92 Å². The molecule has 0 bridgehead atoms. The van der Waals surface area contributed by atoms with E-state index in [4.69, 9.17) is 0 Å². The molecule has 5 nitrogen and oxygen atoms in total. The highest BCUT2D eigenvalue weighted by molar-refractivity contribution is 7.92. The summed E-state index contributed by atoms with van der Waals surface area (Å²) >= 11 is 0. The van der Waals surface area contributed by atoms with Crippen LogP contribution in [0.5, 0.6) is 0 Å². The van der Waals surface area contributed by atoms with Gasteiger partial charge in [-0.25, -0.2) is 8.42 Å². The minimum Gasteiger partial charge on any atom is -0.350 e. The number of hydrogen-bond donors (Lipinski definition) is 2. The zero-order valence-electron chi connectivity index (χ0n) is 17.1. The molecule has 2 N–H and O–H groups in total. The summed E-state index contributed by atoms with van der Waals surface area (Å²) in [5.74, 6) is -0.170. The molecule has 0 fully saturated rings. The van der Waals surface area contributed by atoms with Gasteiger partial charge in [0.05, 0.1) is 10.6 Å². The van der Waals surface area contributed by atoms with Crippen molar-refractivity contribution in [1.82, 2.24) is 5.32 Å². The Morgan fingerprint density at radius 2 is 1.57 bits per heavy atom. The van der Waals surface area contributed by atoms with E-state index in [1.165, 1.54) is 17.7 Å². The maximum atomic E-state index is 12.6. The zero-order chi connectivity index (χ0) is 21.6. The Balaban J connectivity index is 1.62. The zero-order valence-corrected chi connectivity index (χ0v) is 17.9. The molecule has 1 amide bonds. The van der Waals surface area contributed by atoms with Gasteiger partial charge in [0.25, 0.3) is 15.9 Å². The van der Waals surface area contributed by atoms with Crippen molar-refractivity contribution in [2.75, 3.05) is 4.72 Å². The Hall–Kier alpha value is -3.12. The standard InChI is InChI=1S/C24H26N2O3S/c1-18-17-21(24(27)25-19(2)13-14-20-9-5-3-6-10-20)15-16-23(18)26-30(28,29)22-11-7-4-8-12-22/h3-12,15-17,19,26H,13-14H2,1-2H3,(H,25,27)/t19-/m1/s1. The first-order valence-corrected chi connectivity index (χ1v) is 11.4. The summed E-state index contributed by atoms with van der Waals surface area (Å²) in [5, 5.41) is 3.01. The van der Waals surface area contributed by atoms with E-state index in [0.29, 0.717) is 16.8 Å². The summed E-state index contributed by atoms with van der Waals surface area (Å²) in [6.45, 7) is 3.76. The number of anilines is 1. The molecule has 0 aliphatic heterocycles. The number of benzene rings is 3. The summed E-state index contributed by atoms with van der Waals surface area (Å²) in [4.78, 5) is 12.8. The second kappa shape index (κ2) is 9.59. The Labute approximate surface area is 178 Å². The van der Waals surface area contributed by atoms with Crippen molar-refractivity contribution in [1.29, 1.82) is 0 Å². The van der Waals surface area contributed by atoms with Gasteiger partial charge < -0.3 is 5.32 Å². The highest BCUT2D eigenvalue weighted by Crippen LogP contribution is 2.21. The molecular formula is C24H26N2O3S. The Morgan fingerprint density at radius 1 is 0.933 bits per heavy atom. The van der Waals surface area contributed by atoms with Gasteiger partial charge in [-0.05, 0) is 68.1 Å². The predicted octanol–water partition coefficient (Wildman–Crippen LogP) is 4.55. The highest BCUT2D eigenvalue weighted by atomic mass is 32.2. The Kier molecular flexibility index (Phi) is 6.90. The van der Waals surface area contributed by atoms with E-state index < -0.39 is 10.0 Å². The van der Waals surface area contributed by atoms with Crippen molar-refractivity contribution in [2.24, 2.45) is 0 Å². The van der Waals surface area contributed by atoms with Crippen LogP contribution >= 0.6 is 0 Å². The van der Waals surface area contributed by atoms with E-state index in [-0.39, 0.29) is 16.8 Å². The molecule has 0 saturated heterocycles. The van der Waals surface area contributed by atoms with Gasteiger partial charge in [-0.15, -0.1) is 0 Å². The van der Waals surface area contributed by atoms with Crippen molar-refractivity contribution >= 4 is 21.6 Å². The Bertz CT molecular complexity index is 1100. The molecule has 0 aliphatic rings.